The summed E-state index contributed by atoms with van der Waals surface area (Å²) in [5.41, 5.74) is 8.32. The molecule has 2 aromatic heterocycles. The Balaban J connectivity index is 2.01. The monoisotopic (exact) mass is 246 g/mol. The van der Waals surface area contributed by atoms with E-state index >= 15 is 0 Å². The Kier molecular flexibility index (Phi) is 3.94. The zero-order valence-electron chi connectivity index (χ0n) is 10.7. The molecule has 18 heavy (non-hydrogen) atoms. The smallest absolute Gasteiger partial charge is 0.217 e. The fourth-order valence-electron chi connectivity index (χ4n) is 1.93. The van der Waals surface area contributed by atoms with Gasteiger partial charge in [0.15, 0.2) is 0 Å². The maximum absolute atomic E-state index is 6.18. The van der Waals surface area contributed by atoms with E-state index in [0.717, 1.165) is 18.4 Å². The molecule has 0 aliphatic rings. The van der Waals surface area contributed by atoms with E-state index in [0.29, 0.717) is 5.88 Å². The number of pyridine rings is 1. The van der Waals surface area contributed by atoms with E-state index in [1.54, 1.807) is 18.0 Å². The second kappa shape index (κ2) is 5.64. The van der Waals surface area contributed by atoms with Crippen LogP contribution in [0.1, 0.15) is 23.6 Å². The average molecular weight is 246 g/mol. The summed E-state index contributed by atoms with van der Waals surface area (Å²) < 4.78 is 7.01. The van der Waals surface area contributed by atoms with Crippen LogP contribution in [0.25, 0.3) is 0 Å². The number of aryl methyl sites for hydroxylation is 2. The molecule has 2 rings (SSSR count). The molecule has 0 amide bonds. The van der Waals surface area contributed by atoms with Gasteiger partial charge in [-0.05, 0) is 24.5 Å². The van der Waals surface area contributed by atoms with Gasteiger partial charge < -0.3 is 10.5 Å². The molecule has 1 atom stereocenters. The van der Waals surface area contributed by atoms with E-state index in [1.807, 2.05) is 31.6 Å². The number of nitrogens with two attached hydrogens (primary N) is 1. The predicted molar refractivity (Wildman–Crippen MR) is 69.2 cm³/mol. The lowest BCUT2D eigenvalue weighted by Gasteiger charge is -2.13. The van der Waals surface area contributed by atoms with E-state index in [1.165, 1.54) is 5.56 Å². The van der Waals surface area contributed by atoms with Gasteiger partial charge in [0.05, 0.1) is 13.3 Å². The molecule has 0 saturated carbocycles. The molecular formula is C13H18N4O. The van der Waals surface area contributed by atoms with Gasteiger partial charge in [-0.3, -0.25) is 4.68 Å². The summed E-state index contributed by atoms with van der Waals surface area (Å²) in [6, 6.07) is 3.76. The normalized spacial score (nSPS) is 12.4. The molecule has 2 heterocycles. The molecular weight excluding hydrogens is 228 g/mol. The third-order valence-electron chi connectivity index (χ3n) is 2.90. The van der Waals surface area contributed by atoms with Gasteiger partial charge in [0.1, 0.15) is 0 Å². The standard InChI is InChI=1S/C13H18N4O/c1-17-9-10(8-16-17)5-6-12(14)11-4-3-7-15-13(11)18-2/h3-4,7-9,12H,5-6,14H2,1-2H3. The number of nitrogens with zero attached hydrogens (tertiary/aromatic N) is 3. The lowest BCUT2D eigenvalue weighted by Crippen LogP contribution is -2.13. The highest BCUT2D eigenvalue weighted by atomic mass is 16.5. The Labute approximate surface area is 107 Å². The van der Waals surface area contributed by atoms with Gasteiger partial charge >= 0.3 is 0 Å². The number of hydrogen-bond donors (Lipinski definition) is 1. The molecule has 0 radical (unpaired) electrons. The summed E-state index contributed by atoms with van der Waals surface area (Å²) in [7, 11) is 3.52. The van der Waals surface area contributed by atoms with Crippen LogP contribution in [-0.2, 0) is 13.5 Å². The minimum absolute atomic E-state index is 0.0751. The second-order valence-corrected chi connectivity index (χ2v) is 4.27. The number of aromatic nitrogens is 3. The Morgan fingerprint density at radius 2 is 2.33 bits per heavy atom. The zero-order valence-corrected chi connectivity index (χ0v) is 10.7. The van der Waals surface area contributed by atoms with Gasteiger partial charge in [-0.2, -0.15) is 5.10 Å². The first-order chi connectivity index (χ1) is 8.70. The van der Waals surface area contributed by atoms with Crippen LogP contribution in [0.4, 0.5) is 0 Å². The van der Waals surface area contributed by atoms with Crippen LogP contribution in [0, 0.1) is 0 Å². The molecule has 2 N–H and O–H groups in total. The lowest BCUT2D eigenvalue weighted by molar-refractivity contribution is 0.387. The molecule has 0 saturated heterocycles. The summed E-state index contributed by atoms with van der Waals surface area (Å²) >= 11 is 0. The van der Waals surface area contributed by atoms with E-state index in [2.05, 4.69) is 10.1 Å². The van der Waals surface area contributed by atoms with Crippen molar-refractivity contribution < 1.29 is 4.74 Å². The van der Waals surface area contributed by atoms with Crippen LogP contribution in [0.2, 0.25) is 0 Å². The van der Waals surface area contributed by atoms with Gasteiger partial charge in [-0.25, -0.2) is 4.98 Å². The average Bonchev–Trinajstić information content (AvgIpc) is 2.81. The first kappa shape index (κ1) is 12.6. The van der Waals surface area contributed by atoms with Crippen molar-refractivity contribution in [3.05, 3.63) is 41.9 Å². The molecule has 0 fully saturated rings. The van der Waals surface area contributed by atoms with Crippen LogP contribution >= 0.6 is 0 Å². The summed E-state index contributed by atoms with van der Waals surface area (Å²) in [5.74, 6) is 0.608. The Morgan fingerprint density at radius 1 is 1.50 bits per heavy atom. The fraction of sp³-hybridized carbons (Fsp3) is 0.385. The minimum Gasteiger partial charge on any atom is -0.481 e. The third-order valence-corrected chi connectivity index (χ3v) is 2.90. The van der Waals surface area contributed by atoms with Gasteiger partial charge in [0.25, 0.3) is 0 Å². The first-order valence-electron chi connectivity index (χ1n) is 5.92. The molecule has 2 aromatic rings. The molecule has 5 heteroatoms. The summed E-state index contributed by atoms with van der Waals surface area (Å²) in [6.45, 7) is 0. The van der Waals surface area contributed by atoms with Crippen molar-refractivity contribution in [3.63, 3.8) is 0 Å². The molecule has 0 aliphatic heterocycles. The van der Waals surface area contributed by atoms with Crippen molar-refractivity contribution >= 4 is 0 Å². The molecule has 5 nitrogen and oxygen atoms in total. The summed E-state index contributed by atoms with van der Waals surface area (Å²) in [4.78, 5) is 4.16. The van der Waals surface area contributed by atoms with Gasteiger partial charge in [-0.15, -0.1) is 0 Å². The maximum atomic E-state index is 6.18. The fourth-order valence-corrected chi connectivity index (χ4v) is 1.93. The molecule has 96 valence electrons. The van der Waals surface area contributed by atoms with Crippen molar-refractivity contribution in [3.8, 4) is 5.88 Å². The maximum Gasteiger partial charge on any atom is 0.217 e. The van der Waals surface area contributed by atoms with Gasteiger partial charge in [0.2, 0.25) is 5.88 Å². The highest BCUT2D eigenvalue weighted by Crippen LogP contribution is 2.23. The van der Waals surface area contributed by atoms with Crippen LogP contribution in [0.3, 0.4) is 0 Å². The summed E-state index contributed by atoms with van der Waals surface area (Å²) in [5, 5.41) is 4.14. The molecule has 0 aliphatic carbocycles. The Morgan fingerprint density at radius 3 is 3.00 bits per heavy atom. The number of rotatable bonds is 5. The molecule has 0 spiro atoms. The quantitative estimate of drug-likeness (QED) is 0.867. The molecule has 0 aromatic carbocycles. The third kappa shape index (κ3) is 2.87. The van der Waals surface area contributed by atoms with Crippen LogP contribution in [0.5, 0.6) is 5.88 Å². The first-order valence-corrected chi connectivity index (χ1v) is 5.92. The van der Waals surface area contributed by atoms with Crippen LogP contribution in [0.15, 0.2) is 30.7 Å². The molecule has 0 bridgehead atoms. The van der Waals surface area contributed by atoms with Crippen LogP contribution < -0.4 is 10.5 Å². The van der Waals surface area contributed by atoms with E-state index in [-0.39, 0.29) is 6.04 Å². The second-order valence-electron chi connectivity index (χ2n) is 4.27. The largest absolute Gasteiger partial charge is 0.481 e. The number of methoxy groups -OCH3 is 1. The van der Waals surface area contributed by atoms with Gasteiger partial charge in [-0.1, -0.05) is 6.07 Å². The minimum atomic E-state index is -0.0751. The van der Waals surface area contributed by atoms with Gasteiger partial charge in [0, 0.05) is 31.0 Å². The SMILES string of the molecule is COc1ncccc1C(N)CCc1cnn(C)c1. The Hall–Kier alpha value is -1.88. The topological polar surface area (TPSA) is 66.0 Å². The molecule has 1 unspecified atom stereocenters. The van der Waals surface area contributed by atoms with Crippen molar-refractivity contribution in [1.82, 2.24) is 14.8 Å². The Bertz CT molecular complexity index is 509. The van der Waals surface area contributed by atoms with E-state index in [9.17, 15) is 0 Å². The summed E-state index contributed by atoms with van der Waals surface area (Å²) in [6.07, 6.45) is 7.32. The van der Waals surface area contributed by atoms with Crippen molar-refractivity contribution in [2.75, 3.05) is 7.11 Å². The predicted octanol–water partition coefficient (Wildman–Crippen LogP) is 1.46. The zero-order chi connectivity index (χ0) is 13.0. The van der Waals surface area contributed by atoms with Crippen molar-refractivity contribution in [1.29, 1.82) is 0 Å². The van der Waals surface area contributed by atoms with Crippen LogP contribution in [-0.4, -0.2) is 21.9 Å². The van der Waals surface area contributed by atoms with E-state index < -0.39 is 0 Å². The van der Waals surface area contributed by atoms with Crippen molar-refractivity contribution in [2.45, 2.75) is 18.9 Å². The van der Waals surface area contributed by atoms with Crippen molar-refractivity contribution in [2.24, 2.45) is 12.8 Å². The highest BCUT2D eigenvalue weighted by molar-refractivity contribution is 5.28. The van der Waals surface area contributed by atoms with E-state index in [4.69, 9.17) is 10.5 Å². The highest BCUT2D eigenvalue weighted by Gasteiger charge is 2.12. The number of hydrogen-bond acceptors (Lipinski definition) is 4. The lowest BCUT2D eigenvalue weighted by atomic mass is 10.0. The number of ether oxygens (including phenoxy) is 1.